The van der Waals surface area contributed by atoms with Crippen LogP contribution < -0.4 is 0 Å². The molecule has 1 saturated heterocycles. The normalized spacial score (nSPS) is 18.0. The Labute approximate surface area is 132 Å². The lowest BCUT2D eigenvalue weighted by Gasteiger charge is -2.32. The van der Waals surface area contributed by atoms with Crippen LogP contribution in [0.3, 0.4) is 0 Å². The van der Waals surface area contributed by atoms with E-state index in [1.807, 2.05) is 13.8 Å². The number of rotatable bonds is 4. The van der Waals surface area contributed by atoms with Crippen LogP contribution >= 0.6 is 0 Å². The predicted molar refractivity (Wildman–Crippen MR) is 80.5 cm³/mol. The monoisotopic (exact) mass is 322 g/mol. The lowest BCUT2D eigenvalue weighted by Crippen LogP contribution is -2.52. The minimum atomic E-state index is -1.16. The maximum Gasteiger partial charge on any atom is 0.328 e. The van der Waals surface area contributed by atoms with Crippen LogP contribution in [0.1, 0.15) is 35.7 Å². The summed E-state index contributed by atoms with van der Waals surface area (Å²) in [6, 6.07) is 3.18. The smallest absolute Gasteiger partial charge is 0.328 e. The summed E-state index contributed by atoms with van der Waals surface area (Å²) < 4.78 is 5.09. The molecule has 0 aliphatic carbocycles. The Bertz CT molecular complexity index is 643. The number of nitro benzene ring substituents is 1. The highest BCUT2D eigenvalue weighted by atomic mass is 16.6. The molecule has 0 saturated carbocycles. The summed E-state index contributed by atoms with van der Waals surface area (Å²) in [5, 5.41) is 20.4. The van der Waals surface area contributed by atoms with Crippen LogP contribution in [0.25, 0.3) is 0 Å². The van der Waals surface area contributed by atoms with Gasteiger partial charge in [0, 0.05) is 23.7 Å². The second-order valence-electron chi connectivity index (χ2n) is 5.61. The fourth-order valence-corrected chi connectivity index (χ4v) is 2.54. The van der Waals surface area contributed by atoms with E-state index in [4.69, 9.17) is 4.74 Å². The SMILES string of the molecule is CC(C)c1ccc(C(=O)N2CCOCC2C(=O)O)cc1[N+](=O)[O-]. The molecule has 1 aliphatic heterocycles. The number of aliphatic carboxylic acids is 1. The molecule has 2 rings (SSSR count). The average Bonchev–Trinajstić information content (AvgIpc) is 2.53. The van der Waals surface area contributed by atoms with E-state index in [1.54, 1.807) is 6.07 Å². The maximum absolute atomic E-state index is 12.6. The van der Waals surface area contributed by atoms with Crippen molar-refractivity contribution < 1.29 is 24.4 Å². The molecule has 1 aromatic carbocycles. The lowest BCUT2D eigenvalue weighted by atomic mass is 9.98. The number of nitro groups is 1. The Hall–Kier alpha value is -2.48. The van der Waals surface area contributed by atoms with E-state index in [0.29, 0.717) is 5.56 Å². The Morgan fingerprint density at radius 3 is 2.70 bits per heavy atom. The number of morpholine rings is 1. The molecule has 0 radical (unpaired) electrons. The molecule has 23 heavy (non-hydrogen) atoms. The van der Waals surface area contributed by atoms with Crippen LogP contribution in [-0.4, -0.2) is 52.6 Å². The number of hydrogen-bond acceptors (Lipinski definition) is 5. The molecule has 1 aromatic rings. The molecular formula is C15H18N2O6. The fourth-order valence-electron chi connectivity index (χ4n) is 2.54. The molecule has 8 nitrogen and oxygen atoms in total. The van der Waals surface area contributed by atoms with Crippen molar-refractivity contribution in [2.24, 2.45) is 0 Å². The molecule has 1 atom stereocenters. The van der Waals surface area contributed by atoms with Crippen molar-refractivity contribution in [1.29, 1.82) is 0 Å². The zero-order valence-corrected chi connectivity index (χ0v) is 12.9. The standard InChI is InChI=1S/C15H18N2O6/c1-9(2)11-4-3-10(7-12(11)17(21)22)14(18)16-5-6-23-8-13(16)15(19)20/h3-4,7,9,13H,5-6,8H2,1-2H3,(H,19,20). The third-order valence-corrected chi connectivity index (χ3v) is 3.77. The van der Waals surface area contributed by atoms with Crippen molar-refractivity contribution >= 4 is 17.6 Å². The number of nitrogens with zero attached hydrogens (tertiary/aromatic N) is 2. The molecule has 1 fully saturated rings. The first-order chi connectivity index (χ1) is 10.8. The minimum absolute atomic E-state index is 0.0605. The topological polar surface area (TPSA) is 110 Å². The van der Waals surface area contributed by atoms with E-state index in [9.17, 15) is 24.8 Å². The van der Waals surface area contributed by atoms with Gasteiger partial charge in [-0.3, -0.25) is 14.9 Å². The lowest BCUT2D eigenvalue weighted by molar-refractivity contribution is -0.385. The molecule has 1 heterocycles. The van der Waals surface area contributed by atoms with Gasteiger partial charge in [-0.2, -0.15) is 0 Å². The van der Waals surface area contributed by atoms with E-state index in [1.165, 1.54) is 17.0 Å². The Balaban J connectivity index is 2.37. The van der Waals surface area contributed by atoms with Crippen LogP contribution in [0.4, 0.5) is 5.69 Å². The molecule has 124 valence electrons. The van der Waals surface area contributed by atoms with Crippen molar-refractivity contribution in [3.05, 3.63) is 39.4 Å². The fraction of sp³-hybridized carbons (Fsp3) is 0.467. The Morgan fingerprint density at radius 2 is 2.13 bits per heavy atom. The number of hydrogen-bond donors (Lipinski definition) is 1. The van der Waals surface area contributed by atoms with Gasteiger partial charge in [0.25, 0.3) is 11.6 Å². The summed E-state index contributed by atoms with van der Waals surface area (Å²) in [6.07, 6.45) is 0. The van der Waals surface area contributed by atoms with E-state index in [0.717, 1.165) is 0 Å². The highest BCUT2D eigenvalue weighted by molar-refractivity contribution is 5.97. The second kappa shape index (κ2) is 6.74. The summed E-state index contributed by atoms with van der Waals surface area (Å²) in [4.78, 5) is 35.7. The maximum atomic E-state index is 12.6. The van der Waals surface area contributed by atoms with Gasteiger partial charge in [0.15, 0.2) is 6.04 Å². The molecule has 1 aliphatic rings. The molecule has 1 amide bonds. The van der Waals surface area contributed by atoms with E-state index in [-0.39, 0.29) is 36.9 Å². The largest absolute Gasteiger partial charge is 0.480 e. The molecule has 8 heteroatoms. The number of carboxylic acids is 1. The highest BCUT2D eigenvalue weighted by Crippen LogP contribution is 2.28. The Kier molecular flexibility index (Phi) is 4.95. The van der Waals surface area contributed by atoms with Gasteiger partial charge in [0.2, 0.25) is 0 Å². The van der Waals surface area contributed by atoms with Gasteiger partial charge in [-0.05, 0) is 12.0 Å². The van der Waals surface area contributed by atoms with Gasteiger partial charge in [0.1, 0.15) is 0 Å². The van der Waals surface area contributed by atoms with Crippen molar-refractivity contribution in [3.63, 3.8) is 0 Å². The van der Waals surface area contributed by atoms with Gasteiger partial charge < -0.3 is 14.7 Å². The van der Waals surface area contributed by atoms with Crippen LogP contribution in [0.5, 0.6) is 0 Å². The zero-order chi connectivity index (χ0) is 17.1. The van der Waals surface area contributed by atoms with Gasteiger partial charge in [-0.15, -0.1) is 0 Å². The zero-order valence-electron chi connectivity index (χ0n) is 12.9. The first-order valence-corrected chi connectivity index (χ1v) is 7.22. The molecule has 0 bridgehead atoms. The molecule has 0 spiro atoms. The van der Waals surface area contributed by atoms with Crippen LogP contribution in [0, 0.1) is 10.1 Å². The van der Waals surface area contributed by atoms with Gasteiger partial charge in [-0.25, -0.2) is 4.79 Å². The summed E-state index contributed by atoms with van der Waals surface area (Å²) in [6.45, 7) is 3.93. The van der Waals surface area contributed by atoms with Crippen molar-refractivity contribution in [2.45, 2.75) is 25.8 Å². The highest BCUT2D eigenvalue weighted by Gasteiger charge is 2.34. The van der Waals surface area contributed by atoms with Crippen molar-refractivity contribution in [3.8, 4) is 0 Å². The van der Waals surface area contributed by atoms with E-state index >= 15 is 0 Å². The summed E-state index contributed by atoms with van der Waals surface area (Å²) in [7, 11) is 0. The van der Waals surface area contributed by atoms with Gasteiger partial charge in [0.05, 0.1) is 18.1 Å². The van der Waals surface area contributed by atoms with Gasteiger partial charge >= 0.3 is 5.97 Å². The third kappa shape index (κ3) is 3.48. The quantitative estimate of drug-likeness (QED) is 0.666. The van der Waals surface area contributed by atoms with Crippen LogP contribution in [-0.2, 0) is 9.53 Å². The van der Waals surface area contributed by atoms with E-state index in [2.05, 4.69) is 0 Å². The Morgan fingerprint density at radius 1 is 1.43 bits per heavy atom. The molecule has 1 N–H and O–H groups in total. The second-order valence-corrected chi connectivity index (χ2v) is 5.61. The molecular weight excluding hydrogens is 304 g/mol. The third-order valence-electron chi connectivity index (χ3n) is 3.77. The van der Waals surface area contributed by atoms with Crippen molar-refractivity contribution in [2.75, 3.05) is 19.8 Å². The minimum Gasteiger partial charge on any atom is -0.480 e. The van der Waals surface area contributed by atoms with Crippen molar-refractivity contribution in [1.82, 2.24) is 4.90 Å². The number of amides is 1. The van der Waals surface area contributed by atoms with Crippen LogP contribution in [0.15, 0.2) is 18.2 Å². The van der Waals surface area contributed by atoms with Crippen LogP contribution in [0.2, 0.25) is 0 Å². The number of ether oxygens (including phenoxy) is 1. The molecule has 1 unspecified atom stereocenters. The predicted octanol–water partition coefficient (Wildman–Crippen LogP) is 1.64. The van der Waals surface area contributed by atoms with E-state index < -0.39 is 22.8 Å². The number of carbonyl (C=O) groups excluding carboxylic acids is 1. The summed E-state index contributed by atoms with van der Waals surface area (Å²) in [5.74, 6) is -1.76. The number of carbonyl (C=O) groups is 2. The first-order valence-electron chi connectivity index (χ1n) is 7.22. The average molecular weight is 322 g/mol. The number of carboxylic acid groups (broad SMARTS) is 1. The first kappa shape index (κ1) is 16.9. The summed E-state index contributed by atoms with van der Waals surface area (Å²) in [5.41, 5.74) is 0.503. The van der Waals surface area contributed by atoms with Gasteiger partial charge in [-0.1, -0.05) is 19.9 Å². The summed E-state index contributed by atoms with van der Waals surface area (Å²) >= 11 is 0. The number of benzene rings is 1. The molecule has 0 aromatic heterocycles.